The molecule has 0 unspecified atom stereocenters. The van der Waals surface area contributed by atoms with Crippen LogP contribution in [0.2, 0.25) is 0 Å². The molecule has 0 aromatic heterocycles. The number of alkyl halides is 10. The lowest BCUT2D eigenvalue weighted by atomic mass is 10.1. The van der Waals surface area contributed by atoms with Crippen LogP contribution in [0.5, 0.6) is 34.5 Å². The summed E-state index contributed by atoms with van der Waals surface area (Å²) in [6.45, 7) is 6.61. The molecule has 19 nitrogen and oxygen atoms in total. The van der Waals surface area contributed by atoms with Crippen molar-refractivity contribution in [1.82, 2.24) is 0 Å². The van der Waals surface area contributed by atoms with Gasteiger partial charge in [0.1, 0.15) is 106 Å². The fourth-order valence-corrected chi connectivity index (χ4v) is 12.0. The lowest BCUT2D eigenvalue weighted by Gasteiger charge is -2.22. The maximum atomic E-state index is 13.9. The third-order valence-electron chi connectivity index (χ3n) is 16.5. The zero-order valence-corrected chi connectivity index (χ0v) is 79.2. The molecule has 0 saturated carbocycles. The highest BCUT2D eigenvalue weighted by Crippen LogP contribution is 2.42. The topological polar surface area (TPSA) is 266 Å². The minimum absolute atomic E-state index is 0.0463. The highest BCUT2D eigenvalue weighted by atomic mass is 79.9. The SMILES string of the molecule is CCC(=O)c1cc(Br)ccc1O.CCC(=O)c1cc(Br)ccc1O[C@@H](CF)COC(C)=O.CCC(=O)c1cc(Br)ccc1O[C@@H](CF)COCc1ccccc1.CCC(=O)c1cc(Br)ccc1O[C@H](CO)CF.CCC(F)(F)c1cc(Br)ccc1O[C@@H](CF)COC(C)=O.CCC(F)(F)c1cc(Br)ccc1O[C@H](CO)CF.O[C@H](CF)COCc1ccccc1. The number of rotatable bonds is 42. The number of ether oxygens (including phenoxy) is 9. The van der Waals surface area contributed by atoms with E-state index in [2.05, 4.69) is 100 Å². The van der Waals surface area contributed by atoms with Crippen LogP contribution >= 0.6 is 95.6 Å². The van der Waals surface area contributed by atoms with E-state index in [1.54, 1.807) is 94.4 Å². The van der Waals surface area contributed by atoms with Gasteiger partial charge in [0.05, 0.1) is 73.0 Å². The molecule has 0 amide bonds. The fourth-order valence-electron chi connectivity index (χ4n) is 9.82. The molecular weight excluding hydrogens is 2050 g/mol. The quantitative estimate of drug-likeness (QED) is 0.0157. The van der Waals surface area contributed by atoms with Gasteiger partial charge in [0.2, 0.25) is 0 Å². The summed E-state index contributed by atoms with van der Waals surface area (Å²) in [4.78, 5) is 68.2. The van der Waals surface area contributed by atoms with E-state index in [4.69, 9.17) is 53.2 Å². The highest BCUT2D eigenvalue weighted by molar-refractivity contribution is 9.11. The number of ketones is 4. The molecule has 4 N–H and O–H groups in total. The summed E-state index contributed by atoms with van der Waals surface area (Å²) in [7, 11) is 0. The van der Waals surface area contributed by atoms with E-state index in [-0.39, 0.29) is 90.1 Å². The summed E-state index contributed by atoms with van der Waals surface area (Å²) in [5.74, 6) is -6.75. The fraction of sp³-hybridized carbons (Fsp3) is 0.400. The molecule has 0 heterocycles. The van der Waals surface area contributed by atoms with Crippen LogP contribution in [0.1, 0.15) is 158 Å². The predicted molar refractivity (Wildman–Crippen MR) is 477 cm³/mol. The van der Waals surface area contributed by atoms with Gasteiger partial charge in [-0.15, -0.1) is 0 Å². The molecule has 0 saturated heterocycles. The number of hydrogen-bond donors (Lipinski definition) is 4. The lowest BCUT2D eigenvalue weighted by Crippen LogP contribution is -2.27. The Balaban J connectivity index is 0.000000499. The number of esters is 2. The second kappa shape index (κ2) is 62.4. The molecule has 0 aliphatic rings. The molecule has 6 atom stereocenters. The molecule has 8 rings (SSSR count). The molecule has 0 aliphatic carbocycles. The molecular formula is C90H102Br6F10O19. The van der Waals surface area contributed by atoms with Crippen molar-refractivity contribution in [2.75, 3.05) is 79.7 Å². The number of benzene rings is 8. The molecule has 0 radical (unpaired) electrons. The molecule has 0 bridgehead atoms. The van der Waals surface area contributed by atoms with Gasteiger partial charge >= 0.3 is 11.9 Å². The second-order valence-corrected chi connectivity index (χ2v) is 31.8. The van der Waals surface area contributed by atoms with Gasteiger partial charge in [-0.3, -0.25) is 28.8 Å². The summed E-state index contributed by atoms with van der Waals surface area (Å²) >= 11 is 19.3. The third-order valence-corrected chi connectivity index (χ3v) is 19.5. The van der Waals surface area contributed by atoms with Crippen molar-refractivity contribution in [3.05, 3.63) is 241 Å². The van der Waals surface area contributed by atoms with Crippen LogP contribution in [0.25, 0.3) is 0 Å². The lowest BCUT2D eigenvalue weighted by molar-refractivity contribution is -0.144. The molecule has 8 aromatic rings. The van der Waals surface area contributed by atoms with E-state index in [1.165, 1.54) is 70.2 Å². The van der Waals surface area contributed by atoms with Crippen LogP contribution in [0, 0.1) is 0 Å². The Morgan fingerprint density at radius 2 is 0.624 bits per heavy atom. The summed E-state index contributed by atoms with van der Waals surface area (Å²) in [6, 6.07) is 47.2. The van der Waals surface area contributed by atoms with Gasteiger partial charge in [0.25, 0.3) is 11.8 Å². The number of phenolic OH excluding ortho intramolecular Hbond substituents is 1. The van der Waals surface area contributed by atoms with Crippen LogP contribution in [0.15, 0.2) is 197 Å². The van der Waals surface area contributed by atoms with Crippen LogP contribution in [-0.2, 0) is 53.6 Å². The first-order chi connectivity index (χ1) is 59.4. The van der Waals surface area contributed by atoms with E-state index < -0.39 is 120 Å². The van der Waals surface area contributed by atoms with Gasteiger partial charge in [-0.25, -0.2) is 43.9 Å². The Labute approximate surface area is 771 Å². The standard InChI is InChI=1S/C19H20BrFO3.C14H16BrF3O3.C14H16BrFO4.C12H14BrF3O2.C12H14BrFO3.C10H13FO2.C9H9BrO2/c1-2-18(22)17-10-15(20)8-9-19(17)24-16(11-21)13-23-12-14-6-4-3-5-7-14;1-3-14(17,18)12-6-10(15)4-5-13(12)21-11(7-16)8-20-9(2)19;1-3-13(18)12-6-10(15)4-5-14(12)20-11(7-16)8-19-9(2)17;1-2-12(15,16)10-5-8(13)3-4-11(10)18-9(6-14)7-17;1-2-11(16)10-5-8(13)3-4-12(10)17-9(6-14)7-15;11-6-10(12)8-13-7-9-4-2-1-3-5-9;1-2-8(11)7-5-6(10)3-4-9(7)12/h3-10,16H,2,11-13H2,1H3;4-6,11H,3,7-8H2,1-2H3;4-6,11H,3,7-8H2,1-2H3;3-5,9,17H,2,6-7H2,1H3;3-5,9,15H,2,6-7H2,1H3;1-5,10,12H,6-8H2;3-5,12H,2H2,1H3/t16-;2*11-;2*9-;10-;/m000001./s1. The molecule has 688 valence electrons. The van der Waals surface area contributed by atoms with Crippen molar-refractivity contribution in [3.8, 4) is 34.5 Å². The van der Waals surface area contributed by atoms with E-state index in [9.17, 15) is 77.8 Å². The van der Waals surface area contributed by atoms with Crippen molar-refractivity contribution in [3.63, 3.8) is 0 Å². The van der Waals surface area contributed by atoms with Gasteiger partial charge in [0, 0.05) is 79.2 Å². The van der Waals surface area contributed by atoms with Crippen molar-refractivity contribution in [1.29, 1.82) is 0 Å². The summed E-state index contributed by atoms with van der Waals surface area (Å²) < 4.78 is 182. The smallest absolute Gasteiger partial charge is 0.302 e. The molecule has 0 aliphatic heterocycles. The average molecular weight is 2160 g/mol. The summed E-state index contributed by atoms with van der Waals surface area (Å²) in [5.41, 5.74) is 3.00. The zero-order valence-electron chi connectivity index (χ0n) is 69.7. The van der Waals surface area contributed by atoms with Crippen LogP contribution in [-0.4, -0.2) is 172 Å². The molecule has 125 heavy (non-hydrogen) atoms. The van der Waals surface area contributed by atoms with E-state index >= 15 is 0 Å². The minimum atomic E-state index is -3.10. The Morgan fingerprint density at radius 3 is 0.928 bits per heavy atom. The number of phenols is 1. The number of aromatic hydroxyl groups is 1. The first-order valence-electron chi connectivity index (χ1n) is 38.9. The first kappa shape index (κ1) is 113. The Bertz CT molecular complexity index is 4520. The van der Waals surface area contributed by atoms with Crippen molar-refractivity contribution in [2.24, 2.45) is 0 Å². The number of Topliss-reactive ketones (excluding diaryl/α,β-unsaturated/α-hetero) is 4. The van der Waals surface area contributed by atoms with E-state index in [0.29, 0.717) is 81.6 Å². The third kappa shape index (κ3) is 43.7. The second-order valence-electron chi connectivity index (χ2n) is 26.3. The maximum Gasteiger partial charge on any atom is 0.302 e. The summed E-state index contributed by atoms with van der Waals surface area (Å²) in [5, 5.41) is 35.8. The Kier molecular flexibility index (Phi) is 56.5. The molecule has 8 aromatic carbocycles. The van der Waals surface area contributed by atoms with Gasteiger partial charge in [0.15, 0.2) is 41.4 Å². The number of carbonyl (C=O) groups excluding carboxylic acids is 6. The van der Waals surface area contributed by atoms with E-state index in [0.717, 1.165) is 29.0 Å². The van der Waals surface area contributed by atoms with Gasteiger partial charge in [-0.1, -0.05) is 198 Å². The number of aliphatic hydroxyl groups excluding tert-OH is 3. The Morgan fingerprint density at radius 1 is 0.352 bits per heavy atom. The van der Waals surface area contributed by atoms with Crippen LogP contribution in [0.4, 0.5) is 43.9 Å². The van der Waals surface area contributed by atoms with Crippen LogP contribution in [0.3, 0.4) is 0 Å². The Hall–Kier alpha value is -7.84. The van der Waals surface area contributed by atoms with E-state index in [1.807, 2.05) is 60.7 Å². The number of aliphatic hydroxyl groups is 3. The van der Waals surface area contributed by atoms with Gasteiger partial charge < -0.3 is 63.1 Å². The predicted octanol–water partition coefficient (Wildman–Crippen LogP) is 23.2. The van der Waals surface area contributed by atoms with Crippen molar-refractivity contribution >= 4 is 131 Å². The van der Waals surface area contributed by atoms with Gasteiger partial charge in [-0.2, -0.15) is 0 Å². The number of halogens is 16. The molecule has 0 fully saturated rings. The first-order valence-corrected chi connectivity index (χ1v) is 43.6. The number of carbonyl (C=O) groups is 6. The average Bonchev–Trinajstić information content (AvgIpc) is 0.819. The van der Waals surface area contributed by atoms with Crippen LogP contribution < -0.4 is 23.7 Å². The summed E-state index contributed by atoms with van der Waals surface area (Å²) in [6.07, 6.45) is -5.24. The molecule has 0 spiro atoms. The van der Waals surface area contributed by atoms with Crippen molar-refractivity contribution in [2.45, 2.75) is 156 Å². The maximum absolute atomic E-state index is 13.9. The molecule has 35 heteroatoms. The van der Waals surface area contributed by atoms with Gasteiger partial charge in [-0.05, 0) is 120 Å². The minimum Gasteiger partial charge on any atom is -0.507 e. The van der Waals surface area contributed by atoms with Crippen molar-refractivity contribution < 1.29 is 136 Å². The number of hydrogen-bond acceptors (Lipinski definition) is 19. The monoisotopic (exact) mass is 2150 g/mol. The largest absolute Gasteiger partial charge is 0.507 e. The highest BCUT2D eigenvalue weighted by Gasteiger charge is 2.35. The zero-order chi connectivity index (χ0) is 93.8. The normalized spacial score (nSPS) is 12.2.